The van der Waals surface area contributed by atoms with Gasteiger partial charge in [0, 0.05) is 49.8 Å². The number of ether oxygens (including phenoxy) is 2. The lowest BCUT2D eigenvalue weighted by Gasteiger charge is -2.29. The van der Waals surface area contributed by atoms with Gasteiger partial charge in [0.05, 0.1) is 13.2 Å². The van der Waals surface area contributed by atoms with E-state index in [1.807, 2.05) is 48.5 Å². The van der Waals surface area contributed by atoms with E-state index in [9.17, 15) is 27.6 Å². The summed E-state index contributed by atoms with van der Waals surface area (Å²) in [6, 6.07) is 22.3. The molecule has 1 aromatic heterocycles. The quantitative estimate of drug-likeness (QED) is 0.103. The van der Waals surface area contributed by atoms with Crippen molar-refractivity contribution in [2.75, 3.05) is 51.3 Å². The van der Waals surface area contributed by atoms with E-state index >= 15 is 0 Å². The van der Waals surface area contributed by atoms with Gasteiger partial charge in [-0.2, -0.15) is 18.4 Å². The Morgan fingerprint density at radius 2 is 1.59 bits per heavy atom. The number of carboxylic acids is 1. The van der Waals surface area contributed by atoms with Crippen LogP contribution in [-0.2, 0) is 25.5 Å². The summed E-state index contributed by atoms with van der Waals surface area (Å²) in [5, 5.41) is 38.5. The van der Waals surface area contributed by atoms with Crippen LogP contribution in [0.2, 0.25) is 0 Å². The molecule has 16 nitrogen and oxygen atoms in total. The number of hydrogen-bond donors (Lipinski definition) is 6. The van der Waals surface area contributed by atoms with Gasteiger partial charge in [0.15, 0.2) is 0 Å². The number of anilines is 1. The molecule has 2 heterocycles. The van der Waals surface area contributed by atoms with E-state index in [1.165, 1.54) is 0 Å². The number of alkyl halides is 3. The zero-order chi connectivity index (χ0) is 41.5. The fraction of sp³-hybridized carbons (Fsp3) is 0.410. The number of aromatic amines is 1. The van der Waals surface area contributed by atoms with Crippen LogP contribution in [0.3, 0.4) is 0 Å². The fourth-order valence-electron chi connectivity index (χ4n) is 6.53. The molecule has 0 unspecified atom stereocenters. The van der Waals surface area contributed by atoms with Gasteiger partial charge < -0.3 is 35.6 Å². The molecule has 1 atom stereocenters. The van der Waals surface area contributed by atoms with Crippen molar-refractivity contribution in [1.82, 2.24) is 36.2 Å². The Morgan fingerprint density at radius 1 is 0.914 bits per heavy atom. The maximum Gasteiger partial charge on any atom is 0.490 e. The molecule has 6 rings (SSSR count). The zero-order valence-corrected chi connectivity index (χ0v) is 31.4. The van der Waals surface area contributed by atoms with E-state index in [1.54, 1.807) is 24.3 Å². The molecule has 2 aliphatic rings. The molecule has 4 aromatic rings. The Bertz CT molecular complexity index is 1940. The van der Waals surface area contributed by atoms with Gasteiger partial charge in [-0.1, -0.05) is 36.4 Å². The van der Waals surface area contributed by atoms with E-state index in [2.05, 4.69) is 41.5 Å². The Hall–Kier alpha value is -6.08. The second-order valence-corrected chi connectivity index (χ2v) is 13.8. The van der Waals surface area contributed by atoms with E-state index in [0.29, 0.717) is 43.9 Å². The molecule has 1 aliphatic carbocycles. The summed E-state index contributed by atoms with van der Waals surface area (Å²) >= 11 is 0. The summed E-state index contributed by atoms with van der Waals surface area (Å²) in [4.78, 5) is 49.3. The molecule has 1 saturated carbocycles. The maximum absolute atomic E-state index is 13.7. The van der Waals surface area contributed by atoms with Crippen LogP contribution in [0.15, 0.2) is 72.8 Å². The Morgan fingerprint density at radius 3 is 2.21 bits per heavy atom. The number of tetrazole rings is 1. The Kier molecular flexibility index (Phi) is 15.5. The van der Waals surface area contributed by atoms with Crippen molar-refractivity contribution in [3.05, 3.63) is 78.4 Å². The highest BCUT2D eigenvalue weighted by Gasteiger charge is 2.38. The van der Waals surface area contributed by atoms with Crippen LogP contribution in [0.25, 0.3) is 22.5 Å². The van der Waals surface area contributed by atoms with Crippen LogP contribution in [0.1, 0.15) is 31.2 Å². The molecular weight excluding hydrogens is 765 g/mol. The zero-order valence-electron chi connectivity index (χ0n) is 31.4. The minimum absolute atomic E-state index is 0.172. The highest BCUT2D eigenvalue weighted by Crippen LogP contribution is 2.29. The van der Waals surface area contributed by atoms with E-state index in [0.717, 1.165) is 73.7 Å². The molecule has 0 bridgehead atoms. The van der Waals surface area contributed by atoms with Crippen LogP contribution >= 0.6 is 0 Å². The lowest BCUT2D eigenvalue weighted by atomic mass is 9.81. The van der Waals surface area contributed by atoms with E-state index < -0.39 is 24.3 Å². The average molecular weight is 811 g/mol. The molecule has 0 spiro atoms. The van der Waals surface area contributed by atoms with Gasteiger partial charge in [0.1, 0.15) is 18.4 Å². The summed E-state index contributed by atoms with van der Waals surface area (Å²) in [7, 11) is 0. The number of amides is 3. The van der Waals surface area contributed by atoms with E-state index in [-0.39, 0.29) is 23.7 Å². The molecule has 58 heavy (non-hydrogen) atoms. The van der Waals surface area contributed by atoms with Crippen molar-refractivity contribution < 1.29 is 52.0 Å². The number of benzene rings is 3. The number of aromatic nitrogens is 4. The Labute approximate surface area is 331 Å². The van der Waals surface area contributed by atoms with Crippen molar-refractivity contribution in [2.45, 2.75) is 44.3 Å². The van der Waals surface area contributed by atoms with Gasteiger partial charge in [0.25, 0.3) is 0 Å². The first-order valence-electron chi connectivity index (χ1n) is 18.7. The topological polar surface area (TPSA) is 221 Å². The van der Waals surface area contributed by atoms with Gasteiger partial charge in [-0.15, -0.1) is 10.2 Å². The van der Waals surface area contributed by atoms with Crippen molar-refractivity contribution >= 4 is 29.6 Å². The molecule has 6 N–H and O–H groups in total. The molecule has 1 saturated heterocycles. The number of nitrogens with one attached hydrogen (secondary N) is 4. The highest BCUT2D eigenvalue weighted by atomic mass is 19.4. The lowest BCUT2D eigenvalue weighted by molar-refractivity contribution is -0.192. The third kappa shape index (κ3) is 13.5. The van der Waals surface area contributed by atoms with Crippen LogP contribution in [0.4, 0.5) is 23.7 Å². The molecule has 2 fully saturated rings. The smallest absolute Gasteiger partial charge is 0.490 e. The number of carbonyl (C=O) groups is 4. The minimum atomic E-state index is -5.08. The van der Waals surface area contributed by atoms with Crippen molar-refractivity contribution in [3.8, 4) is 28.3 Å². The fourth-order valence-corrected chi connectivity index (χ4v) is 6.53. The second kappa shape index (κ2) is 20.9. The molecule has 0 radical (unpaired) electrons. The predicted octanol–water partition coefficient (Wildman–Crippen LogP) is 4.62. The van der Waals surface area contributed by atoms with Gasteiger partial charge >= 0.3 is 18.2 Å². The van der Waals surface area contributed by atoms with Crippen LogP contribution < -0.4 is 20.7 Å². The summed E-state index contributed by atoms with van der Waals surface area (Å²) < 4.78 is 43.2. The molecule has 1 aliphatic heterocycles. The summed E-state index contributed by atoms with van der Waals surface area (Å²) in [5.41, 5.74) is 4.24. The molecule has 19 heteroatoms. The second-order valence-electron chi connectivity index (χ2n) is 13.8. The normalized spacial score (nSPS) is 17.5. The number of carbonyl (C=O) groups excluding carboxylic acids is 2. The standard InChI is InChI=1S/C37H44N8O6.C2HF3O2/c46-35(29-10-6-26(7-11-29)24-38-37(48)49)40-33(36(47)39-31-14-12-28(13-15-31)34-41-43-44-42-34)22-25-4-8-27(9-5-25)30-2-1-3-32(23-30)51-21-18-45-16-19-50-20-17-45;3-2(4,5)1(6)7/h1-5,8-9,12-15,23,26,29,33,38H,6-7,10-11,16-22,24H2,(H,39,47)(H,40,46)(H,48,49)(H,41,42,43,44);(H,6,7)/t26?,29?,33-;/m0./s1. The summed E-state index contributed by atoms with van der Waals surface area (Å²) in [6.45, 7) is 5.20. The van der Waals surface area contributed by atoms with Crippen LogP contribution in [-0.4, -0.2) is 118 Å². The lowest BCUT2D eigenvalue weighted by Crippen LogP contribution is -2.48. The predicted molar refractivity (Wildman–Crippen MR) is 204 cm³/mol. The first-order chi connectivity index (χ1) is 27.8. The number of halogens is 3. The average Bonchev–Trinajstić information content (AvgIpc) is 3.76. The number of carboxylic acid groups (broad SMARTS) is 2. The van der Waals surface area contributed by atoms with Gasteiger partial charge in [-0.3, -0.25) is 14.5 Å². The number of hydrogen-bond acceptors (Lipinski definition) is 10. The van der Waals surface area contributed by atoms with E-state index in [4.69, 9.17) is 24.5 Å². The number of nitrogens with zero attached hydrogens (tertiary/aromatic N) is 4. The number of aliphatic carboxylic acids is 1. The Balaban J connectivity index is 0.000000839. The number of H-pyrrole nitrogens is 1. The number of rotatable bonds is 14. The third-order valence-corrected chi connectivity index (χ3v) is 9.73. The van der Waals surface area contributed by atoms with Crippen molar-refractivity contribution in [2.24, 2.45) is 11.8 Å². The largest absolute Gasteiger partial charge is 0.492 e. The molecular formula is C39H45F3N8O8. The number of morpholine rings is 1. The monoisotopic (exact) mass is 810 g/mol. The van der Waals surface area contributed by atoms with Crippen LogP contribution in [0.5, 0.6) is 5.75 Å². The minimum Gasteiger partial charge on any atom is -0.492 e. The summed E-state index contributed by atoms with van der Waals surface area (Å²) in [5.74, 6) is -2.07. The van der Waals surface area contributed by atoms with Gasteiger partial charge in [-0.05, 0) is 89.9 Å². The highest BCUT2D eigenvalue weighted by molar-refractivity contribution is 5.97. The SMILES string of the molecule is O=C(O)C(F)(F)F.O=C(O)NCC1CCC(C(=O)N[C@@H](Cc2ccc(-c3cccc(OCCN4CCOCC4)c3)cc2)C(=O)Nc2ccc(-c3nn[nH]n3)cc2)CC1. The van der Waals surface area contributed by atoms with Crippen molar-refractivity contribution in [3.63, 3.8) is 0 Å². The van der Waals surface area contributed by atoms with Crippen molar-refractivity contribution in [1.29, 1.82) is 0 Å². The molecule has 3 amide bonds. The first-order valence-corrected chi connectivity index (χ1v) is 18.7. The summed E-state index contributed by atoms with van der Waals surface area (Å²) in [6.07, 6.45) is -3.09. The van der Waals surface area contributed by atoms with Gasteiger partial charge in [0.2, 0.25) is 17.6 Å². The molecule has 3 aromatic carbocycles. The maximum atomic E-state index is 13.7. The molecule has 310 valence electrons. The third-order valence-electron chi connectivity index (χ3n) is 9.73. The van der Waals surface area contributed by atoms with Crippen LogP contribution in [0, 0.1) is 11.8 Å². The van der Waals surface area contributed by atoms with Gasteiger partial charge in [-0.25, -0.2) is 9.59 Å². The first kappa shape index (κ1) is 43.1.